The molecule has 1 aliphatic heterocycles. The predicted molar refractivity (Wildman–Crippen MR) is 126 cm³/mol. The van der Waals surface area contributed by atoms with E-state index in [2.05, 4.69) is 38.4 Å². The minimum Gasteiger partial charge on any atom is -0.480 e. The molecule has 0 radical (unpaired) electrons. The number of nitrogens with one attached hydrogen (secondary N) is 4. The molecule has 0 saturated heterocycles. The third kappa shape index (κ3) is 8.10. The van der Waals surface area contributed by atoms with Crippen molar-refractivity contribution in [2.24, 2.45) is 0 Å². The highest BCUT2D eigenvalue weighted by atomic mass is 16.4. The third-order valence-electron chi connectivity index (χ3n) is 5.43. The molecule has 5 N–H and O–H groups in total. The van der Waals surface area contributed by atoms with E-state index in [1.54, 1.807) is 24.3 Å². The number of anilines is 2. The summed E-state index contributed by atoms with van der Waals surface area (Å²) in [5.74, 6) is -0.303. The summed E-state index contributed by atoms with van der Waals surface area (Å²) in [7, 11) is 0. The summed E-state index contributed by atoms with van der Waals surface area (Å²) >= 11 is 0. The number of fused-ring (bicyclic) bond motifs is 1. The molecule has 9 nitrogen and oxygen atoms in total. The first-order chi connectivity index (χ1) is 16.0. The van der Waals surface area contributed by atoms with E-state index < -0.39 is 18.0 Å². The summed E-state index contributed by atoms with van der Waals surface area (Å²) in [6.45, 7) is 1.12. The molecule has 176 valence electrons. The summed E-state index contributed by atoms with van der Waals surface area (Å²) in [6.07, 6.45) is 5.03. The van der Waals surface area contributed by atoms with Gasteiger partial charge in [0.05, 0.1) is 0 Å². The number of amides is 3. The predicted octanol–water partition coefficient (Wildman–Crippen LogP) is 2.93. The van der Waals surface area contributed by atoms with Crippen LogP contribution < -0.4 is 21.3 Å². The fourth-order valence-corrected chi connectivity index (χ4v) is 3.65. The summed E-state index contributed by atoms with van der Waals surface area (Å²) in [5.41, 5.74) is 2.85. The Kier molecular flexibility index (Phi) is 9.05. The average molecular weight is 454 g/mol. The smallest absolute Gasteiger partial charge is 0.326 e. The first-order valence-electron chi connectivity index (χ1n) is 11.4. The first-order valence-corrected chi connectivity index (χ1v) is 11.4. The van der Waals surface area contributed by atoms with Crippen LogP contribution in [-0.2, 0) is 22.4 Å². The lowest BCUT2D eigenvalue weighted by molar-refractivity contribution is -0.139. The number of carboxylic acids is 1. The number of rotatable bonds is 11. The summed E-state index contributed by atoms with van der Waals surface area (Å²) in [5, 5.41) is 20.4. The van der Waals surface area contributed by atoms with Crippen LogP contribution in [0.15, 0.2) is 42.5 Å². The summed E-state index contributed by atoms with van der Waals surface area (Å²) < 4.78 is 0. The monoisotopic (exact) mass is 453 g/mol. The molecule has 9 heteroatoms. The number of aromatic nitrogens is 1. The largest absolute Gasteiger partial charge is 0.480 e. The maximum Gasteiger partial charge on any atom is 0.326 e. The third-order valence-corrected chi connectivity index (χ3v) is 5.43. The Bertz CT molecular complexity index is 951. The van der Waals surface area contributed by atoms with Gasteiger partial charge in [-0.2, -0.15) is 0 Å². The topological polar surface area (TPSA) is 132 Å². The van der Waals surface area contributed by atoms with Gasteiger partial charge in [0.1, 0.15) is 11.9 Å². The van der Waals surface area contributed by atoms with Gasteiger partial charge < -0.3 is 26.4 Å². The number of aryl methyl sites for hydroxylation is 2. The molecule has 1 unspecified atom stereocenters. The average Bonchev–Trinajstić information content (AvgIpc) is 2.81. The molecule has 0 bridgehead atoms. The first kappa shape index (κ1) is 24.0. The number of unbranched alkanes of at least 4 members (excludes halogenated alkanes) is 1. The Morgan fingerprint density at radius 3 is 2.70 bits per heavy atom. The van der Waals surface area contributed by atoms with Gasteiger partial charge >= 0.3 is 12.0 Å². The van der Waals surface area contributed by atoms with Gasteiger partial charge in [-0.15, -0.1) is 0 Å². The van der Waals surface area contributed by atoms with Gasteiger partial charge in [-0.25, -0.2) is 14.6 Å². The maximum atomic E-state index is 12.1. The second-order valence-electron chi connectivity index (χ2n) is 8.04. The molecule has 3 amide bonds. The van der Waals surface area contributed by atoms with Crippen molar-refractivity contribution in [3.63, 3.8) is 0 Å². The van der Waals surface area contributed by atoms with Crippen LogP contribution in [0.3, 0.4) is 0 Å². The molecule has 0 spiro atoms. The lowest BCUT2D eigenvalue weighted by Crippen LogP contribution is -2.44. The number of hydrogen-bond acceptors (Lipinski definition) is 5. The van der Waals surface area contributed by atoms with E-state index in [0.29, 0.717) is 12.1 Å². The lowest BCUT2D eigenvalue weighted by atomic mass is 10.1. The second kappa shape index (κ2) is 12.4. The van der Waals surface area contributed by atoms with E-state index in [-0.39, 0.29) is 18.9 Å². The second-order valence-corrected chi connectivity index (χ2v) is 8.04. The number of carboxylic acid groups (broad SMARTS) is 1. The van der Waals surface area contributed by atoms with Crippen LogP contribution in [0.1, 0.15) is 43.4 Å². The van der Waals surface area contributed by atoms with Crippen molar-refractivity contribution in [2.75, 3.05) is 23.7 Å². The quantitative estimate of drug-likeness (QED) is 0.332. The Labute approximate surface area is 193 Å². The zero-order valence-electron chi connectivity index (χ0n) is 18.6. The zero-order chi connectivity index (χ0) is 23.5. The Morgan fingerprint density at radius 2 is 1.91 bits per heavy atom. The van der Waals surface area contributed by atoms with E-state index in [1.807, 2.05) is 6.07 Å². The Hall–Kier alpha value is -3.62. The van der Waals surface area contributed by atoms with Crippen LogP contribution in [0, 0.1) is 0 Å². The van der Waals surface area contributed by atoms with Gasteiger partial charge in [0.25, 0.3) is 0 Å². The van der Waals surface area contributed by atoms with Crippen molar-refractivity contribution >= 4 is 29.4 Å². The van der Waals surface area contributed by atoms with Gasteiger partial charge in [0, 0.05) is 30.9 Å². The molecule has 1 aromatic carbocycles. The van der Waals surface area contributed by atoms with Crippen molar-refractivity contribution in [3.8, 4) is 0 Å². The SMILES string of the molecule is O=C(CCCCc1ccc2c(n1)NCCC2)NCCC(NC(=O)Nc1ccccc1)C(=O)O. The van der Waals surface area contributed by atoms with Crippen molar-refractivity contribution < 1.29 is 19.5 Å². The van der Waals surface area contributed by atoms with Crippen molar-refractivity contribution in [1.29, 1.82) is 0 Å². The molecule has 0 saturated carbocycles. The van der Waals surface area contributed by atoms with Crippen LogP contribution >= 0.6 is 0 Å². The molecule has 33 heavy (non-hydrogen) atoms. The van der Waals surface area contributed by atoms with E-state index in [1.165, 1.54) is 5.56 Å². The molecule has 0 fully saturated rings. The van der Waals surface area contributed by atoms with Crippen LogP contribution in [0.25, 0.3) is 0 Å². The Morgan fingerprint density at radius 1 is 1.09 bits per heavy atom. The fraction of sp³-hybridized carbons (Fsp3) is 0.417. The minimum atomic E-state index is -1.15. The number of benzene rings is 1. The summed E-state index contributed by atoms with van der Waals surface area (Å²) in [6, 6.07) is 11.2. The van der Waals surface area contributed by atoms with Gasteiger partial charge in [-0.3, -0.25) is 4.79 Å². The number of urea groups is 1. The van der Waals surface area contributed by atoms with Crippen molar-refractivity contribution in [3.05, 3.63) is 53.7 Å². The highest BCUT2D eigenvalue weighted by molar-refractivity contribution is 5.92. The number of carbonyl (C=O) groups excluding carboxylic acids is 2. The molecule has 3 rings (SSSR count). The molecule has 2 heterocycles. The number of hydrogen-bond donors (Lipinski definition) is 5. The van der Waals surface area contributed by atoms with E-state index in [4.69, 9.17) is 0 Å². The van der Waals surface area contributed by atoms with Crippen molar-refractivity contribution in [1.82, 2.24) is 15.6 Å². The van der Waals surface area contributed by atoms with Gasteiger partial charge in [-0.05, 0) is 62.3 Å². The molecule has 0 aliphatic carbocycles. The zero-order valence-corrected chi connectivity index (χ0v) is 18.6. The van der Waals surface area contributed by atoms with Gasteiger partial charge in [0.2, 0.25) is 5.91 Å². The van der Waals surface area contributed by atoms with E-state index in [0.717, 1.165) is 50.2 Å². The van der Waals surface area contributed by atoms with Crippen LogP contribution in [0.5, 0.6) is 0 Å². The fourth-order valence-electron chi connectivity index (χ4n) is 3.65. The van der Waals surface area contributed by atoms with Crippen LogP contribution in [0.2, 0.25) is 0 Å². The van der Waals surface area contributed by atoms with Crippen LogP contribution in [0.4, 0.5) is 16.3 Å². The lowest BCUT2D eigenvalue weighted by Gasteiger charge is -2.17. The van der Waals surface area contributed by atoms with Gasteiger partial charge in [0.15, 0.2) is 0 Å². The molecule has 1 aromatic heterocycles. The maximum absolute atomic E-state index is 12.1. The summed E-state index contributed by atoms with van der Waals surface area (Å²) in [4.78, 5) is 40.2. The van der Waals surface area contributed by atoms with Crippen LogP contribution in [-0.4, -0.2) is 47.1 Å². The highest BCUT2D eigenvalue weighted by Gasteiger charge is 2.20. The van der Waals surface area contributed by atoms with E-state index in [9.17, 15) is 19.5 Å². The highest BCUT2D eigenvalue weighted by Crippen LogP contribution is 2.20. The van der Waals surface area contributed by atoms with E-state index >= 15 is 0 Å². The normalized spacial score (nSPS) is 13.2. The van der Waals surface area contributed by atoms with Crippen molar-refractivity contribution in [2.45, 2.75) is 51.0 Å². The molecule has 1 atom stereocenters. The number of aliphatic carboxylic acids is 1. The Balaban J connectivity index is 1.31. The number of para-hydroxylation sites is 1. The standard InChI is InChI=1S/C24H31N5O4/c30-21(11-5-4-10-19-13-12-17-7-6-15-26-22(17)27-19)25-16-14-20(23(31)32)29-24(33)28-18-8-2-1-3-9-18/h1-3,8-9,12-13,20H,4-7,10-11,14-16H2,(H,25,30)(H,26,27)(H,31,32)(H2,28,29,33). The molecular formula is C24H31N5O4. The molecular weight excluding hydrogens is 422 g/mol. The minimum absolute atomic E-state index is 0.0926. The van der Waals surface area contributed by atoms with Gasteiger partial charge in [-0.1, -0.05) is 24.3 Å². The molecule has 2 aromatic rings. The number of carbonyl (C=O) groups is 3. The number of pyridine rings is 1. The molecule has 1 aliphatic rings. The number of nitrogens with zero attached hydrogens (tertiary/aromatic N) is 1.